The number of hydrogen-bond donors (Lipinski definition) is 1. The fourth-order valence-electron chi connectivity index (χ4n) is 4.78. The van der Waals surface area contributed by atoms with E-state index in [9.17, 15) is 5.11 Å². The molecule has 2 heterocycles. The van der Waals surface area contributed by atoms with Gasteiger partial charge < -0.3 is 5.11 Å². The SMILES string of the molecule is CCC1CCC(O)C(N2CC3CCCCN3CC2C)C1. The summed E-state index contributed by atoms with van der Waals surface area (Å²) in [6.45, 7) is 8.38. The van der Waals surface area contributed by atoms with Crippen LogP contribution in [0.4, 0.5) is 0 Å². The fraction of sp³-hybridized carbons (Fsp3) is 1.00. The Morgan fingerprint density at radius 2 is 1.95 bits per heavy atom. The van der Waals surface area contributed by atoms with Crippen LogP contribution in [0, 0.1) is 5.92 Å². The number of nitrogens with zero attached hydrogens (tertiary/aromatic N) is 2. The first-order valence-electron chi connectivity index (χ1n) is 8.87. The molecule has 2 aliphatic heterocycles. The quantitative estimate of drug-likeness (QED) is 0.842. The fourth-order valence-corrected chi connectivity index (χ4v) is 4.78. The van der Waals surface area contributed by atoms with Crippen LogP contribution >= 0.6 is 0 Å². The molecule has 3 rings (SSSR count). The van der Waals surface area contributed by atoms with Gasteiger partial charge >= 0.3 is 0 Å². The lowest BCUT2D eigenvalue weighted by Crippen LogP contribution is -2.63. The molecule has 1 saturated carbocycles. The van der Waals surface area contributed by atoms with Crippen LogP contribution in [0.15, 0.2) is 0 Å². The molecule has 0 aromatic rings. The molecule has 0 radical (unpaired) electrons. The van der Waals surface area contributed by atoms with Gasteiger partial charge in [0.05, 0.1) is 6.10 Å². The van der Waals surface area contributed by atoms with Crippen LogP contribution in [0.3, 0.4) is 0 Å². The Balaban J connectivity index is 1.68. The van der Waals surface area contributed by atoms with E-state index in [1.165, 1.54) is 58.2 Å². The molecule has 0 amide bonds. The largest absolute Gasteiger partial charge is 0.391 e. The first kappa shape index (κ1) is 14.8. The van der Waals surface area contributed by atoms with Crippen LogP contribution in [0.25, 0.3) is 0 Å². The third kappa shape index (κ3) is 2.90. The van der Waals surface area contributed by atoms with Crippen LogP contribution in [-0.4, -0.2) is 58.8 Å². The van der Waals surface area contributed by atoms with Gasteiger partial charge in [0.25, 0.3) is 0 Å². The molecule has 0 bridgehead atoms. The normalized spacial score (nSPS) is 44.2. The molecule has 2 saturated heterocycles. The summed E-state index contributed by atoms with van der Waals surface area (Å²) in [5, 5.41) is 10.5. The molecule has 3 fully saturated rings. The minimum Gasteiger partial charge on any atom is -0.391 e. The number of rotatable bonds is 2. The molecule has 0 spiro atoms. The van der Waals surface area contributed by atoms with Gasteiger partial charge in [-0.1, -0.05) is 19.8 Å². The van der Waals surface area contributed by atoms with E-state index in [0.717, 1.165) is 18.4 Å². The molecular formula is C17H32N2O. The zero-order chi connectivity index (χ0) is 14.1. The number of aliphatic hydroxyl groups is 1. The summed E-state index contributed by atoms with van der Waals surface area (Å²) in [6, 6.07) is 1.79. The lowest BCUT2D eigenvalue weighted by atomic mass is 9.80. The third-order valence-corrected chi connectivity index (χ3v) is 6.13. The maximum Gasteiger partial charge on any atom is 0.0695 e. The lowest BCUT2D eigenvalue weighted by molar-refractivity contribution is -0.0645. The van der Waals surface area contributed by atoms with Gasteiger partial charge in [-0.05, 0) is 51.5 Å². The van der Waals surface area contributed by atoms with Gasteiger partial charge in [0.2, 0.25) is 0 Å². The van der Waals surface area contributed by atoms with Crippen molar-refractivity contribution in [2.75, 3.05) is 19.6 Å². The summed E-state index contributed by atoms with van der Waals surface area (Å²) in [5.41, 5.74) is 0. The van der Waals surface area contributed by atoms with Crippen LogP contribution < -0.4 is 0 Å². The Morgan fingerprint density at radius 3 is 2.75 bits per heavy atom. The van der Waals surface area contributed by atoms with Gasteiger partial charge in [0.15, 0.2) is 0 Å². The molecule has 20 heavy (non-hydrogen) atoms. The first-order valence-corrected chi connectivity index (χ1v) is 8.87. The molecule has 3 nitrogen and oxygen atoms in total. The topological polar surface area (TPSA) is 26.7 Å². The standard InChI is InChI=1S/C17H32N2O/c1-3-14-7-8-17(20)16(10-14)19-12-15-6-4-5-9-18(15)11-13(19)2/h13-17,20H,3-12H2,1-2H3. The summed E-state index contributed by atoms with van der Waals surface area (Å²) in [6.07, 6.45) is 8.79. The molecule has 1 N–H and O–H groups in total. The molecule has 116 valence electrons. The van der Waals surface area contributed by atoms with Gasteiger partial charge in [0.1, 0.15) is 0 Å². The van der Waals surface area contributed by atoms with E-state index in [1.807, 2.05) is 0 Å². The Bertz CT molecular complexity index is 322. The van der Waals surface area contributed by atoms with Crippen molar-refractivity contribution >= 4 is 0 Å². The minimum absolute atomic E-state index is 0.0876. The van der Waals surface area contributed by atoms with Crippen molar-refractivity contribution in [2.45, 2.75) is 83.0 Å². The van der Waals surface area contributed by atoms with Gasteiger partial charge in [0, 0.05) is 31.2 Å². The molecule has 5 atom stereocenters. The van der Waals surface area contributed by atoms with E-state index in [2.05, 4.69) is 23.6 Å². The highest BCUT2D eigenvalue weighted by Gasteiger charge is 2.40. The zero-order valence-corrected chi connectivity index (χ0v) is 13.3. The summed E-state index contributed by atoms with van der Waals surface area (Å²) in [5.74, 6) is 0.833. The van der Waals surface area contributed by atoms with E-state index in [-0.39, 0.29) is 6.10 Å². The highest BCUT2D eigenvalue weighted by Crippen LogP contribution is 2.34. The van der Waals surface area contributed by atoms with Crippen molar-refractivity contribution in [3.05, 3.63) is 0 Å². The van der Waals surface area contributed by atoms with Gasteiger partial charge in [-0.3, -0.25) is 9.80 Å². The van der Waals surface area contributed by atoms with E-state index in [1.54, 1.807) is 0 Å². The van der Waals surface area contributed by atoms with Crippen molar-refractivity contribution in [3.63, 3.8) is 0 Å². The van der Waals surface area contributed by atoms with E-state index < -0.39 is 0 Å². The van der Waals surface area contributed by atoms with Gasteiger partial charge in [-0.2, -0.15) is 0 Å². The average molecular weight is 280 g/mol. The smallest absolute Gasteiger partial charge is 0.0695 e. The lowest BCUT2D eigenvalue weighted by Gasteiger charge is -2.52. The maximum atomic E-state index is 10.5. The van der Waals surface area contributed by atoms with Crippen molar-refractivity contribution in [1.29, 1.82) is 0 Å². The Morgan fingerprint density at radius 1 is 1.10 bits per heavy atom. The number of piperazine rings is 1. The van der Waals surface area contributed by atoms with E-state index in [4.69, 9.17) is 0 Å². The number of piperidine rings is 1. The van der Waals surface area contributed by atoms with Gasteiger partial charge in [-0.15, -0.1) is 0 Å². The Hall–Kier alpha value is -0.120. The van der Waals surface area contributed by atoms with E-state index >= 15 is 0 Å². The molecule has 1 aliphatic carbocycles. The summed E-state index contributed by atoms with van der Waals surface area (Å²) in [7, 11) is 0. The highest BCUT2D eigenvalue weighted by atomic mass is 16.3. The molecule has 5 unspecified atom stereocenters. The number of hydrogen-bond acceptors (Lipinski definition) is 3. The summed E-state index contributed by atoms with van der Waals surface area (Å²) >= 11 is 0. The molecule has 0 aromatic heterocycles. The highest BCUT2D eigenvalue weighted by molar-refractivity contribution is 4.95. The minimum atomic E-state index is -0.0876. The van der Waals surface area contributed by atoms with Crippen LogP contribution in [0.2, 0.25) is 0 Å². The molecular weight excluding hydrogens is 248 g/mol. The number of fused-ring (bicyclic) bond motifs is 1. The van der Waals surface area contributed by atoms with Crippen LogP contribution in [0.1, 0.15) is 58.8 Å². The van der Waals surface area contributed by atoms with Crippen LogP contribution in [0.5, 0.6) is 0 Å². The zero-order valence-electron chi connectivity index (χ0n) is 13.3. The van der Waals surface area contributed by atoms with Crippen molar-refractivity contribution in [3.8, 4) is 0 Å². The molecule has 3 heteroatoms. The van der Waals surface area contributed by atoms with Crippen molar-refractivity contribution < 1.29 is 5.11 Å². The summed E-state index contributed by atoms with van der Waals surface area (Å²) < 4.78 is 0. The Labute approximate surface area is 124 Å². The summed E-state index contributed by atoms with van der Waals surface area (Å²) in [4.78, 5) is 5.37. The molecule has 3 aliphatic rings. The third-order valence-electron chi connectivity index (χ3n) is 6.13. The predicted molar refractivity (Wildman–Crippen MR) is 82.8 cm³/mol. The maximum absolute atomic E-state index is 10.5. The molecule has 0 aromatic carbocycles. The Kier molecular flexibility index (Phi) is 4.68. The van der Waals surface area contributed by atoms with Crippen molar-refractivity contribution in [1.82, 2.24) is 9.80 Å². The first-order chi connectivity index (χ1) is 9.69. The monoisotopic (exact) mass is 280 g/mol. The van der Waals surface area contributed by atoms with E-state index in [0.29, 0.717) is 12.1 Å². The average Bonchev–Trinajstić information content (AvgIpc) is 2.47. The second-order valence-corrected chi connectivity index (χ2v) is 7.41. The number of aliphatic hydroxyl groups excluding tert-OH is 1. The predicted octanol–water partition coefficient (Wildman–Crippen LogP) is 2.48. The van der Waals surface area contributed by atoms with Crippen LogP contribution in [-0.2, 0) is 0 Å². The van der Waals surface area contributed by atoms with Gasteiger partial charge in [-0.25, -0.2) is 0 Å². The van der Waals surface area contributed by atoms with Crippen molar-refractivity contribution in [2.24, 2.45) is 5.92 Å². The second-order valence-electron chi connectivity index (χ2n) is 7.41. The second kappa shape index (κ2) is 6.33.